The van der Waals surface area contributed by atoms with Crippen molar-refractivity contribution in [2.75, 3.05) is 27.6 Å². The molecule has 27 heavy (non-hydrogen) atoms. The fourth-order valence-electron chi connectivity index (χ4n) is 3.29. The van der Waals surface area contributed by atoms with E-state index in [2.05, 4.69) is 5.32 Å². The van der Waals surface area contributed by atoms with Gasteiger partial charge in [-0.3, -0.25) is 4.79 Å². The number of rotatable bonds is 6. The molecule has 1 amide bonds. The van der Waals surface area contributed by atoms with Gasteiger partial charge in [0.2, 0.25) is 18.5 Å². The van der Waals surface area contributed by atoms with Crippen LogP contribution in [0.15, 0.2) is 41.6 Å². The average molecular weight is 377 g/mol. The molecule has 0 spiro atoms. The van der Waals surface area contributed by atoms with Gasteiger partial charge in [0.15, 0.2) is 23.0 Å². The van der Waals surface area contributed by atoms with Gasteiger partial charge in [-0.2, -0.15) is 0 Å². The van der Waals surface area contributed by atoms with Crippen LogP contribution in [0, 0.1) is 5.41 Å². The lowest BCUT2D eigenvalue weighted by Crippen LogP contribution is -2.49. The van der Waals surface area contributed by atoms with Crippen molar-refractivity contribution in [2.24, 2.45) is 5.41 Å². The first-order valence-electron chi connectivity index (χ1n) is 8.49. The van der Waals surface area contributed by atoms with Gasteiger partial charge in [0.25, 0.3) is 0 Å². The number of hydrogen-bond acceptors (Lipinski definition) is 7. The highest BCUT2D eigenvalue weighted by molar-refractivity contribution is 5.86. The lowest BCUT2D eigenvalue weighted by Gasteiger charge is -2.35. The minimum Gasteiger partial charge on any atom is -0.504 e. The van der Waals surface area contributed by atoms with E-state index in [9.17, 15) is 15.0 Å². The third-order valence-electron chi connectivity index (χ3n) is 4.76. The Morgan fingerprint density at radius 2 is 2.07 bits per heavy atom. The zero-order chi connectivity index (χ0) is 19.6. The number of hydrogen-bond donors (Lipinski definition) is 3. The summed E-state index contributed by atoms with van der Waals surface area (Å²) >= 11 is 0. The van der Waals surface area contributed by atoms with E-state index >= 15 is 0 Å². The van der Waals surface area contributed by atoms with E-state index in [4.69, 9.17) is 18.9 Å². The molecular formula is C19H23NO7. The van der Waals surface area contributed by atoms with E-state index in [1.807, 2.05) is 0 Å². The summed E-state index contributed by atoms with van der Waals surface area (Å²) in [4.78, 5) is 13.0. The van der Waals surface area contributed by atoms with Crippen LogP contribution in [0.1, 0.15) is 12.5 Å². The molecule has 1 aromatic rings. The molecule has 0 bridgehead atoms. The van der Waals surface area contributed by atoms with Crippen molar-refractivity contribution in [3.05, 3.63) is 47.1 Å². The number of carbonyl (C=O) groups is 1. The first-order valence-corrected chi connectivity index (χ1v) is 8.49. The van der Waals surface area contributed by atoms with Crippen LogP contribution < -0.4 is 5.32 Å². The molecule has 1 aromatic carbocycles. The topological polar surface area (TPSA) is 106 Å². The lowest BCUT2D eigenvalue weighted by molar-refractivity contribution is -0.134. The van der Waals surface area contributed by atoms with Gasteiger partial charge in [0.1, 0.15) is 11.5 Å². The molecule has 2 aliphatic rings. The zero-order valence-corrected chi connectivity index (χ0v) is 15.4. The molecule has 0 aromatic heterocycles. The number of methoxy groups -OCH3 is 2. The number of phenols is 2. The van der Waals surface area contributed by atoms with E-state index in [1.165, 1.54) is 26.4 Å². The van der Waals surface area contributed by atoms with Crippen molar-refractivity contribution in [3.8, 4) is 11.5 Å². The van der Waals surface area contributed by atoms with Crippen LogP contribution in [0.25, 0.3) is 0 Å². The summed E-state index contributed by atoms with van der Waals surface area (Å²) in [5.74, 6) is 0.696. The summed E-state index contributed by atoms with van der Waals surface area (Å²) < 4.78 is 21.8. The summed E-state index contributed by atoms with van der Waals surface area (Å²) in [5.41, 5.74) is -0.266. The Balaban J connectivity index is 1.72. The summed E-state index contributed by atoms with van der Waals surface area (Å²) in [7, 11) is 3.01. The molecule has 8 heteroatoms. The van der Waals surface area contributed by atoms with Crippen LogP contribution in [-0.2, 0) is 30.2 Å². The Labute approximate surface area is 157 Å². The lowest BCUT2D eigenvalue weighted by atomic mass is 9.78. The average Bonchev–Trinajstić information content (AvgIpc) is 3.13. The molecule has 1 heterocycles. The van der Waals surface area contributed by atoms with Gasteiger partial charge in [0.05, 0.1) is 7.11 Å². The van der Waals surface area contributed by atoms with Crippen molar-refractivity contribution >= 4 is 5.91 Å². The van der Waals surface area contributed by atoms with Crippen molar-refractivity contribution in [1.82, 2.24) is 5.32 Å². The van der Waals surface area contributed by atoms with Crippen molar-refractivity contribution in [3.63, 3.8) is 0 Å². The van der Waals surface area contributed by atoms with Gasteiger partial charge in [-0.25, -0.2) is 0 Å². The highest BCUT2D eigenvalue weighted by Gasteiger charge is 2.50. The Bertz CT molecular complexity index is 801. The molecular weight excluding hydrogens is 354 g/mol. The molecule has 3 rings (SSSR count). The molecule has 0 saturated heterocycles. The summed E-state index contributed by atoms with van der Waals surface area (Å²) in [5, 5.41) is 21.8. The number of carbonyl (C=O) groups excluding carboxylic acids is 1. The van der Waals surface area contributed by atoms with Crippen LogP contribution in [-0.4, -0.2) is 49.8 Å². The Morgan fingerprint density at radius 3 is 2.74 bits per heavy atom. The second-order valence-corrected chi connectivity index (χ2v) is 6.54. The van der Waals surface area contributed by atoms with Crippen LogP contribution in [0.5, 0.6) is 11.5 Å². The number of phenolic OH excluding ortho intramolecular Hbond substituents is 2. The predicted octanol–water partition coefficient (Wildman–Crippen LogP) is 1.54. The highest BCUT2D eigenvalue weighted by atomic mass is 16.7. The molecule has 0 saturated carbocycles. The number of aromatic hydroxyl groups is 2. The Hall–Kier alpha value is -2.87. The summed E-state index contributed by atoms with van der Waals surface area (Å²) in [6, 6.07) is 4.56. The van der Waals surface area contributed by atoms with Crippen LogP contribution >= 0.6 is 0 Å². The monoisotopic (exact) mass is 377 g/mol. The van der Waals surface area contributed by atoms with Crippen LogP contribution in [0.2, 0.25) is 0 Å². The first kappa shape index (κ1) is 18.9. The maximum atomic E-state index is 13.0. The van der Waals surface area contributed by atoms with E-state index in [0.717, 1.165) is 5.56 Å². The van der Waals surface area contributed by atoms with Crippen molar-refractivity contribution in [2.45, 2.75) is 19.4 Å². The quantitative estimate of drug-likeness (QED) is 0.646. The number of nitrogens with one attached hydrogen (secondary N) is 1. The Kier molecular flexibility index (Phi) is 5.18. The smallest absolute Gasteiger partial charge is 0.233 e. The largest absolute Gasteiger partial charge is 0.504 e. The van der Waals surface area contributed by atoms with E-state index in [1.54, 1.807) is 19.1 Å². The molecule has 1 aliphatic heterocycles. The fraction of sp³-hybridized carbons (Fsp3) is 0.421. The van der Waals surface area contributed by atoms with Crippen molar-refractivity contribution < 1.29 is 34.0 Å². The van der Waals surface area contributed by atoms with Crippen molar-refractivity contribution in [1.29, 1.82) is 0 Å². The second-order valence-electron chi connectivity index (χ2n) is 6.54. The molecule has 146 valence electrons. The van der Waals surface area contributed by atoms with E-state index in [-0.39, 0.29) is 24.2 Å². The highest BCUT2D eigenvalue weighted by Crippen LogP contribution is 2.43. The predicted molar refractivity (Wildman–Crippen MR) is 94.5 cm³/mol. The third-order valence-corrected chi connectivity index (χ3v) is 4.76. The minimum atomic E-state index is -1.05. The van der Waals surface area contributed by atoms with Gasteiger partial charge in [-0.1, -0.05) is 6.07 Å². The molecule has 3 N–H and O–H groups in total. The summed E-state index contributed by atoms with van der Waals surface area (Å²) in [6.45, 7) is 2.13. The standard InChI is InChI=1S/C19H23NO7/c1-19(9-14(24-2)15-16(17(19)25-3)27-10-26-15)18(23)20-7-6-11-4-5-12(21)13(22)8-11/h4-5,8-9,17,21-22H,6-7,10H2,1-3H3,(H,20,23). The minimum absolute atomic E-state index is 0.0489. The molecule has 1 aliphatic carbocycles. The molecule has 0 fully saturated rings. The van der Waals surface area contributed by atoms with Gasteiger partial charge in [0, 0.05) is 13.7 Å². The van der Waals surface area contributed by atoms with Gasteiger partial charge in [-0.15, -0.1) is 0 Å². The third kappa shape index (κ3) is 3.40. The normalized spacial score (nSPS) is 23.8. The van der Waals surface area contributed by atoms with Gasteiger partial charge < -0.3 is 34.5 Å². The zero-order valence-electron chi connectivity index (χ0n) is 15.4. The van der Waals surface area contributed by atoms with E-state index < -0.39 is 11.5 Å². The molecule has 8 nitrogen and oxygen atoms in total. The van der Waals surface area contributed by atoms with Crippen LogP contribution in [0.3, 0.4) is 0 Å². The number of amides is 1. The Morgan fingerprint density at radius 1 is 1.30 bits per heavy atom. The van der Waals surface area contributed by atoms with Crippen LogP contribution in [0.4, 0.5) is 0 Å². The molecule has 0 radical (unpaired) electrons. The number of ether oxygens (including phenoxy) is 4. The van der Waals surface area contributed by atoms with Gasteiger partial charge in [-0.05, 0) is 37.1 Å². The maximum Gasteiger partial charge on any atom is 0.233 e. The maximum absolute atomic E-state index is 13.0. The number of benzene rings is 1. The molecule has 2 unspecified atom stereocenters. The SMILES string of the molecule is COC1=CC(C)(C(=O)NCCc2ccc(O)c(O)c2)C(OC)C2=C1OCO2. The second kappa shape index (κ2) is 7.40. The summed E-state index contributed by atoms with van der Waals surface area (Å²) in [6.07, 6.45) is 1.52. The van der Waals surface area contributed by atoms with E-state index in [0.29, 0.717) is 30.2 Å². The molecule has 2 atom stereocenters. The van der Waals surface area contributed by atoms with Gasteiger partial charge >= 0.3 is 0 Å². The fourth-order valence-corrected chi connectivity index (χ4v) is 3.29. The first-order chi connectivity index (χ1) is 12.9.